The second kappa shape index (κ2) is 7.06. The van der Waals surface area contributed by atoms with Gasteiger partial charge in [0.15, 0.2) is 5.82 Å². The summed E-state index contributed by atoms with van der Waals surface area (Å²) in [6.45, 7) is 0. The number of halogens is 3. The number of nitriles is 1. The van der Waals surface area contributed by atoms with Crippen LogP contribution in [-0.4, -0.2) is 15.2 Å². The predicted octanol–water partition coefficient (Wildman–Crippen LogP) is 4.25. The second-order valence-electron chi connectivity index (χ2n) is 5.15. The first kappa shape index (κ1) is 17.2. The fourth-order valence-corrected chi connectivity index (χ4v) is 2.15. The summed E-state index contributed by atoms with van der Waals surface area (Å²) >= 11 is 0. The molecule has 0 radical (unpaired) electrons. The molecule has 0 aliphatic rings. The molecule has 2 aromatic carbocycles. The van der Waals surface area contributed by atoms with Crippen LogP contribution in [0.2, 0.25) is 0 Å². The van der Waals surface area contributed by atoms with E-state index in [-0.39, 0.29) is 17.5 Å². The van der Waals surface area contributed by atoms with Gasteiger partial charge in [-0.1, -0.05) is 18.2 Å². The minimum absolute atomic E-state index is 0.0174. The van der Waals surface area contributed by atoms with E-state index in [4.69, 9.17) is 5.26 Å². The van der Waals surface area contributed by atoms with Gasteiger partial charge in [0, 0.05) is 5.69 Å². The number of hydrogen-bond acceptors (Lipinski definition) is 6. The Morgan fingerprint density at radius 1 is 1.00 bits per heavy atom. The Kier molecular flexibility index (Phi) is 4.66. The van der Waals surface area contributed by atoms with Gasteiger partial charge < -0.3 is 10.6 Å². The molecule has 6 nitrogen and oxygen atoms in total. The van der Waals surface area contributed by atoms with E-state index in [2.05, 4.69) is 25.8 Å². The molecule has 1 aromatic heterocycles. The van der Waals surface area contributed by atoms with Gasteiger partial charge in [0.2, 0.25) is 5.95 Å². The van der Waals surface area contributed by atoms with Gasteiger partial charge in [0.1, 0.15) is 6.07 Å². The molecule has 3 aromatic rings. The van der Waals surface area contributed by atoms with Crippen LogP contribution in [0, 0.1) is 11.3 Å². The summed E-state index contributed by atoms with van der Waals surface area (Å²) in [6, 6.07) is 13.5. The summed E-state index contributed by atoms with van der Waals surface area (Å²) in [4.78, 5) is 4.14. The topological polar surface area (TPSA) is 86.5 Å². The maximum Gasteiger partial charge on any atom is 0.416 e. The van der Waals surface area contributed by atoms with E-state index in [1.807, 2.05) is 6.07 Å². The zero-order valence-electron chi connectivity index (χ0n) is 13.1. The number of alkyl halides is 3. The SMILES string of the molecule is N#Cc1ccccc1Nc1cnnc(Nc2cccc(C(F)(F)F)c2)n1. The van der Waals surface area contributed by atoms with Crippen LogP contribution in [0.3, 0.4) is 0 Å². The molecule has 0 aliphatic carbocycles. The minimum atomic E-state index is -4.44. The molecule has 130 valence electrons. The van der Waals surface area contributed by atoms with E-state index in [0.717, 1.165) is 12.1 Å². The van der Waals surface area contributed by atoms with E-state index < -0.39 is 11.7 Å². The largest absolute Gasteiger partial charge is 0.416 e. The summed E-state index contributed by atoms with van der Waals surface area (Å²) in [5.41, 5.74) is 0.336. The Hall–Kier alpha value is -3.67. The van der Waals surface area contributed by atoms with Gasteiger partial charge in [-0.2, -0.15) is 28.5 Å². The number of rotatable bonds is 4. The van der Waals surface area contributed by atoms with Crippen molar-refractivity contribution >= 4 is 23.1 Å². The number of para-hydroxylation sites is 1. The molecule has 0 atom stereocenters. The van der Waals surface area contributed by atoms with Gasteiger partial charge >= 0.3 is 6.18 Å². The number of nitrogens with zero attached hydrogens (tertiary/aromatic N) is 4. The summed E-state index contributed by atoms with van der Waals surface area (Å²) in [5, 5.41) is 22.2. The molecule has 1 heterocycles. The van der Waals surface area contributed by atoms with Crippen molar-refractivity contribution in [3.05, 3.63) is 65.9 Å². The highest BCUT2D eigenvalue weighted by atomic mass is 19.4. The zero-order chi connectivity index (χ0) is 18.6. The van der Waals surface area contributed by atoms with Crippen LogP contribution in [0.25, 0.3) is 0 Å². The van der Waals surface area contributed by atoms with Crippen molar-refractivity contribution in [3.63, 3.8) is 0 Å². The standard InChI is InChI=1S/C17H11F3N6/c18-17(19,20)12-5-3-6-13(8-12)23-16-25-15(10-22-26-16)24-14-7-2-1-4-11(14)9-21/h1-8,10H,(H2,23,24,25,26). The van der Waals surface area contributed by atoms with Gasteiger partial charge in [-0.05, 0) is 30.3 Å². The first-order chi connectivity index (χ1) is 12.5. The van der Waals surface area contributed by atoms with Crippen LogP contribution >= 0.6 is 0 Å². The molecule has 0 saturated carbocycles. The Morgan fingerprint density at radius 3 is 2.58 bits per heavy atom. The molecular weight excluding hydrogens is 345 g/mol. The molecule has 26 heavy (non-hydrogen) atoms. The molecular formula is C17H11F3N6. The van der Waals surface area contributed by atoms with Crippen molar-refractivity contribution in [1.82, 2.24) is 15.2 Å². The second-order valence-corrected chi connectivity index (χ2v) is 5.15. The zero-order valence-corrected chi connectivity index (χ0v) is 13.1. The van der Waals surface area contributed by atoms with E-state index in [9.17, 15) is 13.2 Å². The molecule has 0 bridgehead atoms. The average molecular weight is 356 g/mol. The van der Waals surface area contributed by atoms with Crippen LogP contribution in [0.1, 0.15) is 11.1 Å². The van der Waals surface area contributed by atoms with Crippen LogP contribution in [0.5, 0.6) is 0 Å². The van der Waals surface area contributed by atoms with E-state index >= 15 is 0 Å². The Balaban J connectivity index is 1.81. The monoisotopic (exact) mass is 356 g/mol. The first-order valence-corrected chi connectivity index (χ1v) is 7.36. The van der Waals surface area contributed by atoms with Crippen molar-refractivity contribution in [2.24, 2.45) is 0 Å². The van der Waals surface area contributed by atoms with Crippen molar-refractivity contribution in [3.8, 4) is 6.07 Å². The van der Waals surface area contributed by atoms with Crippen LogP contribution in [0.4, 0.5) is 36.3 Å². The van der Waals surface area contributed by atoms with Crippen molar-refractivity contribution < 1.29 is 13.2 Å². The molecule has 0 unspecified atom stereocenters. The van der Waals surface area contributed by atoms with Gasteiger partial charge in [-0.25, -0.2) is 0 Å². The fraction of sp³-hybridized carbons (Fsp3) is 0.0588. The Bertz CT molecular complexity index is 965. The highest BCUT2D eigenvalue weighted by Crippen LogP contribution is 2.31. The van der Waals surface area contributed by atoms with Crippen molar-refractivity contribution in [2.45, 2.75) is 6.18 Å². The molecule has 9 heteroatoms. The maximum absolute atomic E-state index is 12.8. The third kappa shape index (κ3) is 4.05. The first-order valence-electron chi connectivity index (χ1n) is 7.36. The molecule has 0 spiro atoms. The quantitative estimate of drug-likeness (QED) is 0.727. The van der Waals surface area contributed by atoms with Crippen molar-refractivity contribution in [1.29, 1.82) is 5.26 Å². The summed E-state index contributed by atoms with van der Waals surface area (Å²) in [7, 11) is 0. The third-order valence-electron chi connectivity index (χ3n) is 3.32. The molecule has 0 amide bonds. The Morgan fingerprint density at radius 2 is 1.81 bits per heavy atom. The number of benzene rings is 2. The molecule has 0 fully saturated rings. The summed E-state index contributed by atoms with van der Waals surface area (Å²) in [6.07, 6.45) is -3.10. The lowest BCUT2D eigenvalue weighted by atomic mass is 10.2. The van der Waals surface area contributed by atoms with Gasteiger partial charge in [-0.3, -0.25) is 0 Å². The molecule has 0 saturated heterocycles. The summed E-state index contributed by atoms with van der Waals surface area (Å²) in [5.74, 6) is 0.306. The maximum atomic E-state index is 12.8. The highest BCUT2D eigenvalue weighted by Gasteiger charge is 2.30. The van der Waals surface area contributed by atoms with Gasteiger partial charge in [-0.15, -0.1) is 5.10 Å². The molecule has 3 rings (SSSR count). The Labute approximate surface area is 146 Å². The number of nitrogens with one attached hydrogen (secondary N) is 2. The van der Waals surface area contributed by atoms with Crippen LogP contribution < -0.4 is 10.6 Å². The van der Waals surface area contributed by atoms with Crippen molar-refractivity contribution in [2.75, 3.05) is 10.6 Å². The van der Waals surface area contributed by atoms with Gasteiger partial charge in [0.25, 0.3) is 0 Å². The van der Waals surface area contributed by atoms with Crippen LogP contribution in [-0.2, 0) is 6.18 Å². The molecule has 0 aliphatic heterocycles. The van der Waals surface area contributed by atoms with E-state index in [1.165, 1.54) is 18.3 Å². The smallest absolute Gasteiger partial charge is 0.338 e. The summed E-state index contributed by atoms with van der Waals surface area (Å²) < 4.78 is 38.3. The van der Waals surface area contributed by atoms with E-state index in [0.29, 0.717) is 11.3 Å². The average Bonchev–Trinajstić information content (AvgIpc) is 2.62. The number of aromatic nitrogens is 3. The van der Waals surface area contributed by atoms with Crippen LogP contribution in [0.15, 0.2) is 54.7 Å². The lowest BCUT2D eigenvalue weighted by molar-refractivity contribution is -0.137. The predicted molar refractivity (Wildman–Crippen MR) is 89.0 cm³/mol. The van der Waals surface area contributed by atoms with E-state index in [1.54, 1.807) is 24.3 Å². The number of hydrogen-bond donors (Lipinski definition) is 2. The minimum Gasteiger partial charge on any atom is -0.338 e. The normalized spacial score (nSPS) is 10.8. The lowest BCUT2D eigenvalue weighted by Crippen LogP contribution is -2.06. The molecule has 2 N–H and O–H groups in total. The highest BCUT2D eigenvalue weighted by molar-refractivity contribution is 5.65. The fourth-order valence-electron chi connectivity index (χ4n) is 2.15. The lowest BCUT2D eigenvalue weighted by Gasteiger charge is -2.10. The third-order valence-corrected chi connectivity index (χ3v) is 3.32. The van der Waals surface area contributed by atoms with Gasteiger partial charge in [0.05, 0.1) is 23.0 Å². The number of anilines is 4.